The number of rotatable bonds is 3. The summed E-state index contributed by atoms with van der Waals surface area (Å²) in [6, 6.07) is 7.26. The summed E-state index contributed by atoms with van der Waals surface area (Å²) in [7, 11) is 1.60. The maximum atomic E-state index is 6.08. The molecule has 82 valence electrons. The largest absolute Gasteiger partial charge is 0.495 e. The Bertz CT molecular complexity index is 459. The van der Waals surface area contributed by atoms with Gasteiger partial charge < -0.3 is 10.5 Å². The van der Waals surface area contributed by atoms with Crippen molar-refractivity contribution in [3.63, 3.8) is 0 Å². The molecule has 0 saturated heterocycles. The number of hydrogen-bond donors (Lipinski definition) is 1. The van der Waals surface area contributed by atoms with Crippen LogP contribution in [0, 0.1) is 0 Å². The minimum absolute atomic E-state index is 0.274. The van der Waals surface area contributed by atoms with E-state index in [0.717, 1.165) is 11.3 Å². The first-order valence-electron chi connectivity index (χ1n) is 4.96. The molecule has 16 heavy (non-hydrogen) atoms. The molecule has 2 rings (SSSR count). The molecule has 0 aliphatic rings. The van der Waals surface area contributed by atoms with E-state index in [-0.39, 0.29) is 6.04 Å². The minimum atomic E-state index is -0.274. The lowest BCUT2D eigenvalue weighted by Crippen LogP contribution is -2.13. The Balaban J connectivity index is 2.30. The number of aromatic nitrogens is 2. The first kappa shape index (κ1) is 10.6. The van der Waals surface area contributed by atoms with E-state index in [1.807, 2.05) is 24.3 Å². The summed E-state index contributed by atoms with van der Waals surface area (Å²) in [5, 5.41) is 0. The Kier molecular flexibility index (Phi) is 3.12. The molecule has 2 N–H and O–H groups in total. The number of nitrogens with two attached hydrogens (primary N) is 1. The topological polar surface area (TPSA) is 61.0 Å². The third-order valence-electron chi connectivity index (χ3n) is 2.34. The molecule has 0 fully saturated rings. The van der Waals surface area contributed by atoms with E-state index < -0.39 is 0 Å². The molecule has 0 aliphatic heterocycles. The smallest absolute Gasteiger partial charge is 0.137 e. The number of methoxy groups -OCH3 is 1. The summed E-state index contributed by atoms with van der Waals surface area (Å²) in [5.41, 5.74) is 7.79. The van der Waals surface area contributed by atoms with Gasteiger partial charge in [0.1, 0.15) is 5.75 Å². The van der Waals surface area contributed by atoms with Crippen LogP contribution in [-0.2, 0) is 0 Å². The zero-order valence-corrected chi connectivity index (χ0v) is 9.00. The molecule has 2 aromatic rings. The standard InChI is InChI=1S/C12H13N3O/c1-16-10-6-9(7-14-8-10)12(13)11-4-2-3-5-15-11/h2-8,12H,13H2,1H3. The van der Waals surface area contributed by atoms with Gasteiger partial charge in [-0.05, 0) is 23.8 Å². The van der Waals surface area contributed by atoms with E-state index in [1.165, 1.54) is 0 Å². The van der Waals surface area contributed by atoms with Crippen LogP contribution in [0.15, 0.2) is 42.9 Å². The van der Waals surface area contributed by atoms with Crippen molar-refractivity contribution in [2.75, 3.05) is 7.11 Å². The van der Waals surface area contributed by atoms with Gasteiger partial charge in [0.15, 0.2) is 0 Å². The van der Waals surface area contributed by atoms with Crippen molar-refractivity contribution >= 4 is 0 Å². The Morgan fingerprint density at radius 2 is 2.19 bits per heavy atom. The highest BCUT2D eigenvalue weighted by Crippen LogP contribution is 2.20. The van der Waals surface area contributed by atoms with E-state index in [4.69, 9.17) is 10.5 Å². The normalized spacial score (nSPS) is 12.1. The van der Waals surface area contributed by atoms with Crippen molar-refractivity contribution in [1.29, 1.82) is 0 Å². The van der Waals surface area contributed by atoms with Crippen LogP contribution >= 0.6 is 0 Å². The molecule has 0 spiro atoms. The van der Waals surface area contributed by atoms with Gasteiger partial charge in [-0.1, -0.05) is 6.07 Å². The molecule has 0 radical (unpaired) electrons. The molecule has 0 bridgehead atoms. The van der Waals surface area contributed by atoms with E-state index in [1.54, 1.807) is 25.7 Å². The van der Waals surface area contributed by atoms with Gasteiger partial charge in [-0.15, -0.1) is 0 Å². The van der Waals surface area contributed by atoms with E-state index in [2.05, 4.69) is 9.97 Å². The lowest BCUT2D eigenvalue weighted by molar-refractivity contribution is 0.412. The molecule has 0 aromatic carbocycles. The predicted molar refractivity (Wildman–Crippen MR) is 61.1 cm³/mol. The molecule has 1 unspecified atom stereocenters. The van der Waals surface area contributed by atoms with Crippen LogP contribution in [0.3, 0.4) is 0 Å². The van der Waals surface area contributed by atoms with Crippen LogP contribution in [-0.4, -0.2) is 17.1 Å². The molecule has 1 atom stereocenters. The van der Waals surface area contributed by atoms with E-state index in [9.17, 15) is 0 Å². The van der Waals surface area contributed by atoms with Gasteiger partial charge >= 0.3 is 0 Å². The predicted octanol–water partition coefficient (Wildman–Crippen LogP) is 1.53. The fourth-order valence-corrected chi connectivity index (χ4v) is 1.45. The molecule has 2 aromatic heterocycles. The third-order valence-corrected chi connectivity index (χ3v) is 2.34. The van der Waals surface area contributed by atoms with Crippen molar-refractivity contribution < 1.29 is 4.74 Å². The Labute approximate surface area is 94.1 Å². The number of ether oxygens (including phenoxy) is 1. The second-order valence-corrected chi connectivity index (χ2v) is 3.39. The van der Waals surface area contributed by atoms with Crippen LogP contribution in [0.5, 0.6) is 5.75 Å². The summed E-state index contributed by atoms with van der Waals surface area (Å²) in [6.07, 6.45) is 5.10. The van der Waals surface area contributed by atoms with Crippen LogP contribution in [0.25, 0.3) is 0 Å². The molecule has 4 heteroatoms. The first-order chi connectivity index (χ1) is 7.81. The number of pyridine rings is 2. The van der Waals surface area contributed by atoms with Crippen molar-refractivity contribution in [2.24, 2.45) is 5.73 Å². The van der Waals surface area contributed by atoms with Crippen molar-refractivity contribution in [3.8, 4) is 5.75 Å². The molecular formula is C12H13N3O. The van der Waals surface area contributed by atoms with Crippen LogP contribution in [0.4, 0.5) is 0 Å². The maximum Gasteiger partial charge on any atom is 0.137 e. The quantitative estimate of drug-likeness (QED) is 0.843. The SMILES string of the molecule is COc1cncc(C(N)c2ccccn2)c1. The highest BCUT2D eigenvalue weighted by atomic mass is 16.5. The molecule has 0 aliphatic carbocycles. The van der Waals surface area contributed by atoms with Crippen LogP contribution < -0.4 is 10.5 Å². The minimum Gasteiger partial charge on any atom is -0.495 e. The highest BCUT2D eigenvalue weighted by molar-refractivity contribution is 5.30. The highest BCUT2D eigenvalue weighted by Gasteiger charge is 2.10. The van der Waals surface area contributed by atoms with Gasteiger partial charge in [0, 0.05) is 12.4 Å². The number of hydrogen-bond acceptors (Lipinski definition) is 4. The Hall–Kier alpha value is -1.94. The van der Waals surface area contributed by atoms with Crippen molar-refractivity contribution in [1.82, 2.24) is 9.97 Å². The molecule has 2 heterocycles. The second kappa shape index (κ2) is 4.72. The molecule has 0 saturated carbocycles. The van der Waals surface area contributed by atoms with Gasteiger partial charge in [0.25, 0.3) is 0 Å². The summed E-state index contributed by atoms with van der Waals surface area (Å²) >= 11 is 0. The van der Waals surface area contributed by atoms with Gasteiger partial charge in [-0.2, -0.15) is 0 Å². The monoisotopic (exact) mass is 215 g/mol. The summed E-state index contributed by atoms with van der Waals surface area (Å²) in [4.78, 5) is 8.29. The fraction of sp³-hybridized carbons (Fsp3) is 0.167. The van der Waals surface area contributed by atoms with Gasteiger partial charge in [0.2, 0.25) is 0 Å². The average molecular weight is 215 g/mol. The maximum absolute atomic E-state index is 6.08. The second-order valence-electron chi connectivity index (χ2n) is 3.39. The fourth-order valence-electron chi connectivity index (χ4n) is 1.45. The Morgan fingerprint density at radius 3 is 2.88 bits per heavy atom. The summed E-state index contributed by atoms with van der Waals surface area (Å²) in [5.74, 6) is 0.698. The van der Waals surface area contributed by atoms with Crippen molar-refractivity contribution in [2.45, 2.75) is 6.04 Å². The van der Waals surface area contributed by atoms with Gasteiger partial charge in [-0.3, -0.25) is 9.97 Å². The lowest BCUT2D eigenvalue weighted by atomic mass is 10.1. The third kappa shape index (κ3) is 2.17. The van der Waals surface area contributed by atoms with Gasteiger partial charge in [0.05, 0.1) is 25.0 Å². The zero-order chi connectivity index (χ0) is 11.4. The molecule has 4 nitrogen and oxygen atoms in total. The number of nitrogens with zero attached hydrogens (tertiary/aromatic N) is 2. The zero-order valence-electron chi connectivity index (χ0n) is 9.00. The lowest BCUT2D eigenvalue weighted by Gasteiger charge is -2.11. The summed E-state index contributed by atoms with van der Waals surface area (Å²) in [6.45, 7) is 0. The average Bonchev–Trinajstić information content (AvgIpc) is 2.39. The van der Waals surface area contributed by atoms with Crippen molar-refractivity contribution in [3.05, 3.63) is 54.1 Å². The van der Waals surface area contributed by atoms with Crippen LogP contribution in [0.1, 0.15) is 17.3 Å². The Morgan fingerprint density at radius 1 is 1.31 bits per heavy atom. The summed E-state index contributed by atoms with van der Waals surface area (Å²) < 4.78 is 5.10. The first-order valence-corrected chi connectivity index (χ1v) is 4.96. The molecule has 0 amide bonds. The molecular weight excluding hydrogens is 202 g/mol. The van der Waals surface area contributed by atoms with E-state index >= 15 is 0 Å². The van der Waals surface area contributed by atoms with Gasteiger partial charge in [-0.25, -0.2) is 0 Å². The van der Waals surface area contributed by atoms with Crippen LogP contribution in [0.2, 0.25) is 0 Å². The van der Waals surface area contributed by atoms with E-state index in [0.29, 0.717) is 5.75 Å².